The van der Waals surface area contributed by atoms with Crippen molar-refractivity contribution in [1.29, 1.82) is 0 Å². The summed E-state index contributed by atoms with van der Waals surface area (Å²) in [5, 5.41) is 0. The van der Waals surface area contributed by atoms with Crippen molar-refractivity contribution in [3.05, 3.63) is 95.6 Å². The van der Waals surface area contributed by atoms with Gasteiger partial charge in [0.25, 0.3) is 0 Å². The zero-order valence-corrected chi connectivity index (χ0v) is 16.3. The summed E-state index contributed by atoms with van der Waals surface area (Å²) in [5.41, 5.74) is 2.98. The third kappa shape index (κ3) is 4.59. The molecule has 0 unspecified atom stereocenters. The lowest BCUT2D eigenvalue weighted by Crippen LogP contribution is -2.19. The monoisotopic (exact) mass is 376 g/mol. The minimum atomic E-state index is -0.779. The van der Waals surface area contributed by atoms with Gasteiger partial charge in [0.05, 0.1) is 6.61 Å². The summed E-state index contributed by atoms with van der Waals surface area (Å²) in [6.45, 7) is 4.69. The van der Waals surface area contributed by atoms with Gasteiger partial charge in [-0.1, -0.05) is 74.5 Å². The number of hydrogen-bond acceptors (Lipinski definition) is 4. The lowest BCUT2D eigenvalue weighted by molar-refractivity contribution is 0.147. The zero-order valence-electron chi connectivity index (χ0n) is 16.3. The molecule has 0 saturated carbocycles. The van der Waals surface area contributed by atoms with Gasteiger partial charge in [-0.05, 0) is 29.3 Å². The highest BCUT2D eigenvalue weighted by atomic mass is 16.7. The molecule has 0 radical (unpaired) electrons. The van der Waals surface area contributed by atoms with E-state index in [1.165, 1.54) is 5.56 Å². The van der Waals surface area contributed by atoms with Crippen molar-refractivity contribution in [2.45, 2.75) is 25.9 Å². The minimum absolute atomic E-state index is 0.153. The van der Waals surface area contributed by atoms with E-state index >= 15 is 0 Å². The number of ether oxygens (including phenoxy) is 3. The number of para-hydroxylation sites is 1. The molecule has 3 rings (SSSR count). The summed E-state index contributed by atoms with van der Waals surface area (Å²) in [6.07, 6.45) is -0.779. The number of benzene rings is 3. The molecule has 0 saturated heterocycles. The first-order valence-corrected chi connectivity index (χ1v) is 9.13. The molecular weight excluding hydrogens is 352 g/mol. The van der Waals surface area contributed by atoms with E-state index in [0.29, 0.717) is 18.1 Å². The van der Waals surface area contributed by atoms with E-state index in [4.69, 9.17) is 14.2 Å². The van der Waals surface area contributed by atoms with E-state index in [0.717, 1.165) is 11.1 Å². The number of carbonyl (C=O) groups is 1. The highest BCUT2D eigenvalue weighted by Gasteiger charge is 2.23. The Morgan fingerprint density at radius 3 is 2.07 bits per heavy atom. The number of rotatable bonds is 6. The Balaban J connectivity index is 1.68. The van der Waals surface area contributed by atoms with Crippen LogP contribution in [-0.4, -0.2) is 13.3 Å². The van der Waals surface area contributed by atoms with Crippen molar-refractivity contribution in [2.24, 2.45) is 0 Å². The number of hydrogen-bond donors (Lipinski definition) is 0. The van der Waals surface area contributed by atoms with Gasteiger partial charge in [-0.3, -0.25) is 0 Å². The highest BCUT2D eigenvalue weighted by molar-refractivity contribution is 5.67. The quantitative estimate of drug-likeness (QED) is 0.407. The van der Waals surface area contributed by atoms with Gasteiger partial charge in [0.15, 0.2) is 0 Å². The summed E-state index contributed by atoms with van der Waals surface area (Å²) in [7, 11) is 1.59. The van der Waals surface area contributed by atoms with E-state index in [9.17, 15) is 4.79 Å². The minimum Gasteiger partial charge on any atom is -0.395 e. The predicted octanol–water partition coefficient (Wildman–Crippen LogP) is 5.74. The fraction of sp³-hybridized carbons (Fsp3) is 0.208. The van der Waals surface area contributed by atoms with Crippen LogP contribution in [0.4, 0.5) is 4.79 Å². The van der Waals surface area contributed by atoms with Crippen molar-refractivity contribution in [3.8, 4) is 11.5 Å². The normalized spacial score (nSPS) is 11.1. The fourth-order valence-corrected chi connectivity index (χ4v) is 3.05. The van der Waals surface area contributed by atoms with Crippen molar-refractivity contribution < 1.29 is 19.0 Å². The molecule has 28 heavy (non-hydrogen) atoms. The summed E-state index contributed by atoms with van der Waals surface area (Å²) in [6, 6.07) is 25.0. The Bertz CT molecular complexity index is 915. The Morgan fingerprint density at radius 1 is 0.786 bits per heavy atom. The van der Waals surface area contributed by atoms with Crippen LogP contribution < -0.4 is 9.47 Å². The summed E-state index contributed by atoms with van der Waals surface area (Å²) < 4.78 is 15.8. The van der Waals surface area contributed by atoms with Crippen molar-refractivity contribution in [3.63, 3.8) is 0 Å². The molecule has 0 aliphatic carbocycles. The first-order valence-electron chi connectivity index (χ1n) is 9.13. The third-order valence-corrected chi connectivity index (χ3v) is 4.74. The van der Waals surface area contributed by atoms with Crippen LogP contribution in [-0.2, 0) is 16.8 Å². The van der Waals surface area contributed by atoms with Crippen LogP contribution in [0.1, 0.15) is 30.5 Å². The van der Waals surface area contributed by atoms with Crippen LogP contribution in [0.5, 0.6) is 11.5 Å². The van der Waals surface area contributed by atoms with Crippen molar-refractivity contribution >= 4 is 6.16 Å². The molecule has 144 valence electrons. The second-order valence-corrected chi connectivity index (χ2v) is 7.01. The number of carbonyl (C=O) groups excluding carboxylic acids is 1. The molecule has 0 aliphatic rings. The average molecular weight is 376 g/mol. The molecule has 0 aromatic heterocycles. The van der Waals surface area contributed by atoms with Crippen LogP contribution in [0.15, 0.2) is 78.9 Å². The molecule has 3 aromatic carbocycles. The predicted molar refractivity (Wildman–Crippen MR) is 109 cm³/mol. The summed E-state index contributed by atoms with van der Waals surface area (Å²) >= 11 is 0. The Kier molecular flexibility index (Phi) is 6.12. The largest absolute Gasteiger partial charge is 0.519 e. The first kappa shape index (κ1) is 19.6. The van der Waals surface area contributed by atoms with E-state index in [2.05, 4.69) is 26.0 Å². The third-order valence-electron chi connectivity index (χ3n) is 4.74. The zero-order chi connectivity index (χ0) is 20.0. The average Bonchev–Trinajstić information content (AvgIpc) is 2.71. The summed E-state index contributed by atoms with van der Waals surface area (Å²) in [5.74, 6) is 0.859. The van der Waals surface area contributed by atoms with E-state index < -0.39 is 6.16 Å². The van der Waals surface area contributed by atoms with Gasteiger partial charge < -0.3 is 14.2 Å². The van der Waals surface area contributed by atoms with Gasteiger partial charge in [0.1, 0.15) is 11.5 Å². The van der Waals surface area contributed by atoms with Crippen LogP contribution in [0, 0.1) is 0 Å². The van der Waals surface area contributed by atoms with E-state index in [1.807, 2.05) is 42.5 Å². The van der Waals surface area contributed by atoms with Gasteiger partial charge in [-0.25, -0.2) is 4.79 Å². The van der Waals surface area contributed by atoms with Gasteiger partial charge >= 0.3 is 6.16 Å². The van der Waals surface area contributed by atoms with Gasteiger partial charge in [-0.15, -0.1) is 0 Å². The summed E-state index contributed by atoms with van der Waals surface area (Å²) in [4.78, 5) is 12.2. The smallest absolute Gasteiger partial charge is 0.395 e. The molecule has 3 aromatic rings. The number of methoxy groups -OCH3 is 1. The Hall–Kier alpha value is -3.11. The maximum Gasteiger partial charge on any atom is 0.519 e. The lowest BCUT2D eigenvalue weighted by Gasteiger charge is -2.26. The van der Waals surface area contributed by atoms with Crippen LogP contribution in [0.2, 0.25) is 0 Å². The molecule has 4 heteroatoms. The van der Waals surface area contributed by atoms with Crippen LogP contribution in [0.25, 0.3) is 0 Å². The van der Waals surface area contributed by atoms with Gasteiger partial charge in [0, 0.05) is 18.1 Å². The first-order chi connectivity index (χ1) is 13.5. The molecule has 0 heterocycles. The molecule has 0 atom stereocenters. The van der Waals surface area contributed by atoms with E-state index in [-0.39, 0.29) is 5.41 Å². The topological polar surface area (TPSA) is 44.8 Å². The molecule has 0 spiro atoms. The van der Waals surface area contributed by atoms with Gasteiger partial charge in [-0.2, -0.15) is 0 Å². The lowest BCUT2D eigenvalue weighted by atomic mass is 9.78. The second-order valence-electron chi connectivity index (χ2n) is 7.01. The molecule has 0 fully saturated rings. The van der Waals surface area contributed by atoms with Crippen LogP contribution >= 0.6 is 0 Å². The molecular formula is C24H24O4. The fourth-order valence-electron chi connectivity index (χ4n) is 3.05. The van der Waals surface area contributed by atoms with E-state index in [1.54, 1.807) is 31.4 Å². The molecule has 0 aliphatic heterocycles. The molecule has 4 nitrogen and oxygen atoms in total. The van der Waals surface area contributed by atoms with Crippen molar-refractivity contribution in [1.82, 2.24) is 0 Å². The van der Waals surface area contributed by atoms with Gasteiger partial charge in [0.2, 0.25) is 0 Å². The SMILES string of the molecule is COCc1ccccc1OC(=O)Oc1ccc(C(C)(C)c2ccccc2)cc1. The maximum atomic E-state index is 12.2. The second kappa shape index (κ2) is 8.72. The van der Waals surface area contributed by atoms with Crippen molar-refractivity contribution in [2.75, 3.05) is 7.11 Å². The maximum absolute atomic E-state index is 12.2. The Labute approximate surface area is 165 Å². The standard InChI is InChI=1S/C24H24O4/c1-24(2,19-10-5-4-6-11-19)20-13-15-21(16-14-20)27-23(25)28-22-12-8-7-9-18(22)17-26-3/h4-16H,17H2,1-3H3. The molecule has 0 amide bonds. The highest BCUT2D eigenvalue weighted by Crippen LogP contribution is 2.32. The molecule has 0 bridgehead atoms. The van der Waals surface area contributed by atoms with Crippen LogP contribution in [0.3, 0.4) is 0 Å². The Morgan fingerprint density at radius 2 is 1.39 bits per heavy atom. The molecule has 0 N–H and O–H groups in total.